The van der Waals surface area contributed by atoms with Crippen LogP contribution in [0.15, 0.2) is 29.2 Å². The minimum atomic E-state index is -4.86. The molecule has 0 spiro atoms. The first kappa shape index (κ1) is 24.9. The van der Waals surface area contributed by atoms with Crippen molar-refractivity contribution in [2.75, 3.05) is 26.2 Å². The van der Waals surface area contributed by atoms with Crippen molar-refractivity contribution >= 4 is 22.0 Å². The van der Waals surface area contributed by atoms with E-state index in [0.29, 0.717) is 6.07 Å². The van der Waals surface area contributed by atoms with Crippen LogP contribution in [-0.4, -0.2) is 68.0 Å². The molecule has 2 amide bonds. The molecule has 31 heavy (non-hydrogen) atoms. The number of piperazine rings is 1. The third-order valence-electron chi connectivity index (χ3n) is 4.43. The lowest BCUT2D eigenvalue weighted by atomic mass is 10.2. The largest absolute Gasteiger partial charge is 0.444 e. The summed E-state index contributed by atoms with van der Waals surface area (Å²) < 4.78 is 71.8. The van der Waals surface area contributed by atoms with E-state index in [1.807, 2.05) is 4.72 Å². The molecule has 0 radical (unpaired) electrons. The number of carbonyl (C=O) groups excluding carboxylic acids is 2. The molecule has 0 aliphatic carbocycles. The molecular weight excluding hydrogens is 439 g/mol. The Morgan fingerprint density at radius 1 is 1.03 bits per heavy atom. The number of carbonyl (C=O) groups is 2. The maximum Gasteiger partial charge on any atom is 0.417 e. The molecule has 1 saturated heterocycles. The molecule has 2 rings (SSSR count). The molecule has 1 aliphatic rings. The van der Waals surface area contributed by atoms with Gasteiger partial charge in [-0.2, -0.15) is 17.9 Å². The van der Waals surface area contributed by atoms with E-state index in [4.69, 9.17) is 4.74 Å². The number of benzene rings is 1. The van der Waals surface area contributed by atoms with Gasteiger partial charge >= 0.3 is 12.3 Å². The molecule has 1 atom stereocenters. The molecule has 1 heterocycles. The Balaban J connectivity index is 2.03. The smallest absolute Gasteiger partial charge is 0.417 e. The van der Waals surface area contributed by atoms with Crippen LogP contribution < -0.4 is 4.72 Å². The zero-order valence-corrected chi connectivity index (χ0v) is 18.5. The van der Waals surface area contributed by atoms with E-state index in [9.17, 15) is 31.2 Å². The van der Waals surface area contributed by atoms with E-state index in [2.05, 4.69) is 0 Å². The normalized spacial score (nSPS) is 16.7. The van der Waals surface area contributed by atoms with Gasteiger partial charge in [-0.1, -0.05) is 12.1 Å². The summed E-state index contributed by atoms with van der Waals surface area (Å²) in [5.41, 5.74) is -1.98. The summed E-state index contributed by atoms with van der Waals surface area (Å²) in [4.78, 5) is 26.6. The van der Waals surface area contributed by atoms with E-state index in [0.717, 1.165) is 12.1 Å². The van der Waals surface area contributed by atoms with Crippen LogP contribution in [0, 0.1) is 0 Å². The van der Waals surface area contributed by atoms with Crippen LogP contribution in [0.1, 0.15) is 33.3 Å². The molecule has 8 nitrogen and oxygen atoms in total. The van der Waals surface area contributed by atoms with Crippen molar-refractivity contribution in [3.05, 3.63) is 29.8 Å². The first-order valence-corrected chi connectivity index (χ1v) is 11.1. The van der Waals surface area contributed by atoms with Crippen molar-refractivity contribution in [1.29, 1.82) is 0 Å². The van der Waals surface area contributed by atoms with Gasteiger partial charge in [0.2, 0.25) is 15.9 Å². The van der Waals surface area contributed by atoms with Gasteiger partial charge < -0.3 is 14.5 Å². The van der Waals surface area contributed by atoms with E-state index in [1.165, 1.54) is 22.8 Å². The summed E-state index contributed by atoms with van der Waals surface area (Å²) in [6.45, 7) is 7.12. The van der Waals surface area contributed by atoms with Crippen LogP contribution in [0.25, 0.3) is 0 Å². The molecule has 0 saturated carbocycles. The zero-order chi connectivity index (χ0) is 23.6. The van der Waals surface area contributed by atoms with Crippen LogP contribution in [0.4, 0.5) is 18.0 Å². The molecule has 0 bridgehead atoms. The van der Waals surface area contributed by atoms with Crippen molar-refractivity contribution in [2.45, 2.75) is 50.4 Å². The van der Waals surface area contributed by atoms with Gasteiger partial charge in [-0.25, -0.2) is 13.2 Å². The lowest BCUT2D eigenvalue weighted by molar-refractivity contribution is -0.139. The van der Waals surface area contributed by atoms with Gasteiger partial charge in [0, 0.05) is 26.2 Å². The Bertz CT molecular complexity index is 920. The first-order valence-electron chi connectivity index (χ1n) is 9.57. The lowest BCUT2D eigenvalue weighted by Crippen LogP contribution is -2.55. The Kier molecular flexibility index (Phi) is 7.26. The number of nitrogens with one attached hydrogen (secondary N) is 1. The molecule has 12 heteroatoms. The summed E-state index contributed by atoms with van der Waals surface area (Å²) in [5.74, 6) is -0.600. The van der Waals surface area contributed by atoms with E-state index in [-0.39, 0.29) is 26.2 Å². The molecule has 0 aromatic heterocycles. The summed E-state index contributed by atoms with van der Waals surface area (Å²) in [6.07, 6.45) is -5.38. The summed E-state index contributed by atoms with van der Waals surface area (Å²) in [7, 11) is -4.60. The fraction of sp³-hybridized carbons (Fsp3) is 0.579. The topological polar surface area (TPSA) is 96.0 Å². The average molecular weight is 465 g/mol. The Morgan fingerprint density at radius 3 is 2.06 bits per heavy atom. The molecular formula is C19H26F3N3O5S. The Labute approximate surface area is 179 Å². The summed E-state index contributed by atoms with van der Waals surface area (Å²) in [6, 6.07) is 2.46. The number of halogens is 3. The second-order valence-electron chi connectivity index (χ2n) is 8.13. The van der Waals surface area contributed by atoms with E-state index < -0.39 is 50.3 Å². The van der Waals surface area contributed by atoms with Crippen LogP contribution in [0.5, 0.6) is 0 Å². The number of alkyl halides is 3. The molecule has 1 unspecified atom stereocenters. The second kappa shape index (κ2) is 9.03. The highest BCUT2D eigenvalue weighted by Crippen LogP contribution is 2.33. The maximum atomic E-state index is 13.2. The number of hydrogen-bond donors (Lipinski definition) is 1. The molecule has 1 fully saturated rings. The first-order chi connectivity index (χ1) is 14.1. The minimum absolute atomic E-state index is 0.142. The lowest BCUT2D eigenvalue weighted by Gasteiger charge is -2.36. The Hall–Kier alpha value is -2.34. The SMILES string of the molecule is CC(NS(=O)(=O)c1ccccc1C(F)(F)F)C(=O)N1CCN(C(=O)OC(C)(C)C)CC1. The fourth-order valence-corrected chi connectivity index (χ4v) is 4.42. The number of rotatable bonds is 4. The third-order valence-corrected chi connectivity index (χ3v) is 6.03. The molecule has 1 N–H and O–H groups in total. The van der Waals surface area contributed by atoms with Crippen molar-refractivity contribution in [3.8, 4) is 0 Å². The van der Waals surface area contributed by atoms with Crippen LogP contribution >= 0.6 is 0 Å². The van der Waals surface area contributed by atoms with Crippen molar-refractivity contribution in [1.82, 2.24) is 14.5 Å². The minimum Gasteiger partial charge on any atom is -0.444 e. The zero-order valence-electron chi connectivity index (χ0n) is 17.7. The number of ether oxygens (including phenoxy) is 1. The number of amides is 2. The summed E-state index contributed by atoms with van der Waals surface area (Å²) in [5, 5.41) is 0. The molecule has 174 valence electrons. The van der Waals surface area contributed by atoms with Gasteiger partial charge in [-0.05, 0) is 39.8 Å². The summed E-state index contributed by atoms with van der Waals surface area (Å²) >= 11 is 0. The van der Waals surface area contributed by atoms with Gasteiger partial charge in [0.05, 0.1) is 16.5 Å². The van der Waals surface area contributed by atoms with Gasteiger partial charge in [0.25, 0.3) is 0 Å². The molecule has 1 aromatic carbocycles. The quantitative estimate of drug-likeness (QED) is 0.737. The highest BCUT2D eigenvalue weighted by molar-refractivity contribution is 7.89. The van der Waals surface area contributed by atoms with Gasteiger partial charge in [-0.3, -0.25) is 4.79 Å². The van der Waals surface area contributed by atoms with Gasteiger partial charge in [0.15, 0.2) is 0 Å². The van der Waals surface area contributed by atoms with E-state index >= 15 is 0 Å². The monoisotopic (exact) mass is 465 g/mol. The van der Waals surface area contributed by atoms with Crippen LogP contribution in [0.3, 0.4) is 0 Å². The van der Waals surface area contributed by atoms with Crippen LogP contribution in [-0.2, 0) is 25.7 Å². The van der Waals surface area contributed by atoms with Gasteiger partial charge in [0.1, 0.15) is 5.60 Å². The standard InChI is InChI=1S/C19H26F3N3O5S/c1-13(23-31(28,29)15-8-6-5-7-14(15)19(20,21)22)16(26)24-9-11-25(12-10-24)17(27)30-18(2,3)4/h5-8,13,23H,9-12H2,1-4H3. The predicted octanol–water partition coefficient (Wildman–Crippen LogP) is 2.45. The molecule has 1 aromatic rings. The second-order valence-corrected chi connectivity index (χ2v) is 9.81. The highest BCUT2D eigenvalue weighted by atomic mass is 32.2. The average Bonchev–Trinajstić information content (AvgIpc) is 2.65. The van der Waals surface area contributed by atoms with E-state index in [1.54, 1.807) is 20.8 Å². The predicted molar refractivity (Wildman–Crippen MR) is 106 cm³/mol. The number of nitrogens with zero attached hydrogens (tertiary/aromatic N) is 2. The van der Waals surface area contributed by atoms with Crippen molar-refractivity contribution in [3.63, 3.8) is 0 Å². The highest BCUT2D eigenvalue weighted by Gasteiger charge is 2.38. The Morgan fingerprint density at radius 2 is 1.55 bits per heavy atom. The van der Waals surface area contributed by atoms with Crippen molar-refractivity contribution < 1.29 is 35.9 Å². The maximum absolute atomic E-state index is 13.2. The third kappa shape index (κ3) is 6.57. The fourth-order valence-electron chi connectivity index (χ4n) is 2.99. The van der Waals surface area contributed by atoms with Gasteiger partial charge in [-0.15, -0.1) is 0 Å². The number of hydrogen-bond acceptors (Lipinski definition) is 5. The number of sulfonamides is 1. The van der Waals surface area contributed by atoms with Crippen molar-refractivity contribution in [2.24, 2.45) is 0 Å². The van der Waals surface area contributed by atoms with Crippen LogP contribution in [0.2, 0.25) is 0 Å². The molecule has 1 aliphatic heterocycles.